The molecule has 3 atom stereocenters. The average Bonchev–Trinajstić information content (AvgIpc) is 2.34. The molecule has 0 N–H and O–H groups in total. The van der Waals surface area contributed by atoms with Crippen LogP contribution < -0.4 is 0 Å². The van der Waals surface area contributed by atoms with E-state index in [1.54, 1.807) is 0 Å². The minimum absolute atomic E-state index is 0.0947. The van der Waals surface area contributed by atoms with Crippen LogP contribution >= 0.6 is 0 Å². The molecule has 0 aromatic carbocycles. The minimum atomic E-state index is 0.0947. The second-order valence-corrected chi connectivity index (χ2v) is 6.38. The Labute approximate surface area is 109 Å². The molecule has 0 heterocycles. The molecule has 104 valence electrons. The number of rotatable bonds is 1. The van der Waals surface area contributed by atoms with Crippen molar-refractivity contribution >= 4 is 0 Å². The first-order valence-corrected chi connectivity index (χ1v) is 7.37. The number of ether oxygens (including phenoxy) is 1. The van der Waals surface area contributed by atoms with Gasteiger partial charge in [0, 0.05) is 7.11 Å². The number of hydrogen-bond acceptors (Lipinski definition) is 1. The van der Waals surface area contributed by atoms with Crippen LogP contribution in [0.1, 0.15) is 74.1 Å². The normalized spacial score (nSPS) is 37.4. The Hall–Kier alpha value is -0.0400. The summed E-state index contributed by atoms with van der Waals surface area (Å²) >= 11 is 0. The monoisotopic (exact) mass is 242 g/mol. The molecule has 0 spiro atoms. The second kappa shape index (κ2) is 6.78. The van der Waals surface area contributed by atoms with Gasteiger partial charge >= 0.3 is 0 Å². The van der Waals surface area contributed by atoms with Crippen molar-refractivity contribution < 1.29 is 4.74 Å². The molecule has 1 saturated carbocycles. The van der Waals surface area contributed by atoms with Crippen LogP contribution in [0.5, 0.6) is 0 Å². The molecule has 17 heavy (non-hydrogen) atoms. The number of hydrogen-bond donors (Lipinski definition) is 0. The lowest BCUT2D eigenvalue weighted by Gasteiger charge is -2.43. The van der Waals surface area contributed by atoms with Crippen LogP contribution in [0.3, 0.4) is 0 Å². The third kappa shape index (κ3) is 4.28. The molecular formula is C16H34O. The highest BCUT2D eigenvalue weighted by Crippen LogP contribution is 2.43. The second-order valence-electron chi connectivity index (χ2n) is 6.38. The maximum absolute atomic E-state index is 5.76. The van der Waals surface area contributed by atoms with Crippen LogP contribution in [0.2, 0.25) is 0 Å². The molecule has 1 heteroatoms. The quantitative estimate of drug-likeness (QED) is 0.607. The Bertz CT molecular complexity index is 210. The summed E-state index contributed by atoms with van der Waals surface area (Å²) in [5.41, 5.74) is 0.567. The molecule has 0 bridgehead atoms. The average molecular weight is 242 g/mol. The SMILES string of the molecule is CC.CO[C@]1(C)CCC(C)(C)[C@H](C)CCC1C. The first-order valence-electron chi connectivity index (χ1n) is 7.37. The summed E-state index contributed by atoms with van der Waals surface area (Å²) in [5.74, 6) is 1.52. The van der Waals surface area contributed by atoms with E-state index in [9.17, 15) is 0 Å². The van der Waals surface area contributed by atoms with Crippen molar-refractivity contribution in [1.29, 1.82) is 0 Å². The van der Waals surface area contributed by atoms with Gasteiger partial charge in [-0.15, -0.1) is 0 Å². The summed E-state index contributed by atoms with van der Waals surface area (Å²) in [6, 6.07) is 0. The van der Waals surface area contributed by atoms with Crippen LogP contribution in [0.25, 0.3) is 0 Å². The smallest absolute Gasteiger partial charge is 0.0676 e. The van der Waals surface area contributed by atoms with E-state index in [2.05, 4.69) is 34.6 Å². The molecule has 0 aromatic heterocycles. The fraction of sp³-hybridized carbons (Fsp3) is 1.00. The highest BCUT2D eigenvalue weighted by atomic mass is 16.5. The summed E-state index contributed by atoms with van der Waals surface area (Å²) in [5, 5.41) is 0. The summed E-state index contributed by atoms with van der Waals surface area (Å²) in [4.78, 5) is 0. The van der Waals surface area contributed by atoms with Crippen molar-refractivity contribution in [3.05, 3.63) is 0 Å². The van der Waals surface area contributed by atoms with Gasteiger partial charge in [-0.05, 0) is 49.9 Å². The standard InChI is InChI=1S/C14H28O.C2H6/c1-11-7-8-12(2)14(5,15-6)10-9-13(11,3)4;1-2/h11-12H,7-10H2,1-6H3;1-2H3/t11-,12?,14-;/m1./s1. The van der Waals surface area contributed by atoms with E-state index in [0.717, 1.165) is 5.92 Å². The van der Waals surface area contributed by atoms with E-state index < -0.39 is 0 Å². The van der Waals surface area contributed by atoms with Crippen molar-refractivity contribution in [2.24, 2.45) is 17.3 Å². The third-order valence-electron chi connectivity index (χ3n) is 5.14. The molecule has 1 nitrogen and oxygen atoms in total. The lowest BCUT2D eigenvalue weighted by molar-refractivity contribution is -0.0677. The fourth-order valence-corrected chi connectivity index (χ4v) is 2.56. The lowest BCUT2D eigenvalue weighted by Crippen LogP contribution is -2.40. The van der Waals surface area contributed by atoms with E-state index in [-0.39, 0.29) is 5.60 Å². The van der Waals surface area contributed by atoms with E-state index in [4.69, 9.17) is 4.74 Å². The Morgan fingerprint density at radius 2 is 1.35 bits per heavy atom. The van der Waals surface area contributed by atoms with Gasteiger partial charge in [0.05, 0.1) is 5.60 Å². The van der Waals surface area contributed by atoms with E-state index >= 15 is 0 Å². The Kier molecular flexibility index (Phi) is 6.76. The topological polar surface area (TPSA) is 9.23 Å². The summed E-state index contributed by atoms with van der Waals surface area (Å²) in [6.07, 6.45) is 5.12. The summed E-state index contributed by atoms with van der Waals surface area (Å²) < 4.78 is 5.76. The van der Waals surface area contributed by atoms with E-state index in [1.807, 2.05) is 21.0 Å². The van der Waals surface area contributed by atoms with Gasteiger partial charge in [-0.1, -0.05) is 41.5 Å². The van der Waals surface area contributed by atoms with Crippen LogP contribution in [-0.4, -0.2) is 12.7 Å². The van der Waals surface area contributed by atoms with Crippen molar-refractivity contribution in [1.82, 2.24) is 0 Å². The molecule has 0 aliphatic heterocycles. The van der Waals surface area contributed by atoms with Crippen molar-refractivity contribution in [2.75, 3.05) is 7.11 Å². The van der Waals surface area contributed by atoms with Crippen molar-refractivity contribution in [3.63, 3.8) is 0 Å². The molecule has 1 fully saturated rings. The summed E-state index contributed by atoms with van der Waals surface area (Å²) in [7, 11) is 1.87. The molecule has 1 aliphatic carbocycles. The van der Waals surface area contributed by atoms with Crippen LogP contribution in [-0.2, 0) is 4.74 Å². The summed E-state index contributed by atoms with van der Waals surface area (Å²) in [6.45, 7) is 15.8. The zero-order valence-electron chi connectivity index (χ0n) is 13.4. The minimum Gasteiger partial charge on any atom is -0.378 e. The van der Waals surface area contributed by atoms with Gasteiger partial charge in [0.2, 0.25) is 0 Å². The fourth-order valence-electron chi connectivity index (χ4n) is 2.56. The molecular weight excluding hydrogens is 208 g/mol. The Balaban J connectivity index is 0.00000121. The van der Waals surface area contributed by atoms with Gasteiger partial charge in [-0.25, -0.2) is 0 Å². The maximum atomic E-state index is 5.76. The van der Waals surface area contributed by atoms with Gasteiger partial charge in [0.25, 0.3) is 0 Å². The molecule has 1 aliphatic rings. The van der Waals surface area contributed by atoms with Gasteiger partial charge in [0.1, 0.15) is 0 Å². The highest BCUT2D eigenvalue weighted by Gasteiger charge is 2.37. The van der Waals surface area contributed by atoms with Crippen LogP contribution in [0, 0.1) is 17.3 Å². The molecule has 0 radical (unpaired) electrons. The zero-order chi connectivity index (χ0) is 13.7. The van der Waals surface area contributed by atoms with Gasteiger partial charge < -0.3 is 4.74 Å². The molecule has 1 unspecified atom stereocenters. The first kappa shape index (κ1) is 17.0. The van der Waals surface area contributed by atoms with Crippen molar-refractivity contribution in [2.45, 2.75) is 79.8 Å². The first-order chi connectivity index (χ1) is 7.82. The lowest BCUT2D eigenvalue weighted by atomic mass is 9.67. The zero-order valence-corrected chi connectivity index (χ0v) is 13.4. The van der Waals surface area contributed by atoms with Crippen LogP contribution in [0.4, 0.5) is 0 Å². The van der Waals surface area contributed by atoms with Gasteiger partial charge in [0.15, 0.2) is 0 Å². The van der Waals surface area contributed by atoms with Crippen molar-refractivity contribution in [3.8, 4) is 0 Å². The Morgan fingerprint density at radius 3 is 1.82 bits per heavy atom. The largest absolute Gasteiger partial charge is 0.378 e. The Morgan fingerprint density at radius 1 is 0.882 bits per heavy atom. The highest BCUT2D eigenvalue weighted by molar-refractivity contribution is 4.89. The predicted molar refractivity (Wildman–Crippen MR) is 77.3 cm³/mol. The van der Waals surface area contributed by atoms with Crippen LogP contribution in [0.15, 0.2) is 0 Å². The molecule has 0 aromatic rings. The van der Waals surface area contributed by atoms with Gasteiger partial charge in [-0.2, -0.15) is 0 Å². The predicted octanol–water partition coefficient (Wildman–Crippen LogP) is 5.29. The third-order valence-corrected chi connectivity index (χ3v) is 5.14. The molecule has 1 rings (SSSR count). The number of methoxy groups -OCH3 is 1. The van der Waals surface area contributed by atoms with Gasteiger partial charge in [-0.3, -0.25) is 0 Å². The molecule has 0 saturated heterocycles. The molecule has 0 amide bonds. The van der Waals surface area contributed by atoms with E-state index in [1.165, 1.54) is 25.7 Å². The van der Waals surface area contributed by atoms with E-state index in [0.29, 0.717) is 11.3 Å². The maximum Gasteiger partial charge on any atom is 0.0676 e.